The lowest BCUT2D eigenvalue weighted by Crippen LogP contribution is -2.39. The molecule has 128 valence electrons. The maximum atomic E-state index is 12.4. The van der Waals surface area contributed by atoms with E-state index < -0.39 is 0 Å². The van der Waals surface area contributed by atoms with Crippen molar-refractivity contribution in [3.05, 3.63) is 35.7 Å². The molecule has 3 rings (SSSR count). The largest absolute Gasteiger partial charge is 0.343 e. The van der Waals surface area contributed by atoms with E-state index in [1.807, 2.05) is 23.6 Å². The minimum atomic E-state index is 0.198. The Bertz CT molecular complexity index is 694. The van der Waals surface area contributed by atoms with Crippen LogP contribution < -0.4 is 0 Å². The Labute approximate surface area is 146 Å². The zero-order valence-electron chi connectivity index (χ0n) is 14.2. The number of thioether (sulfide) groups is 1. The average Bonchev–Trinajstić information content (AvgIpc) is 2.98. The molecule has 1 aromatic heterocycles. The van der Waals surface area contributed by atoms with Crippen LogP contribution in [0.4, 0.5) is 0 Å². The number of nitrogens with zero attached hydrogens (tertiary/aromatic N) is 5. The van der Waals surface area contributed by atoms with Crippen molar-refractivity contribution >= 4 is 17.7 Å². The summed E-state index contributed by atoms with van der Waals surface area (Å²) in [5, 5.41) is 11.9. The SMILES string of the molecule is Cc1cccc(SC2CCN(C(=O)CCn3nnnc3C)CC2)c1. The molecule has 1 aromatic carbocycles. The molecule has 0 saturated carbocycles. The first kappa shape index (κ1) is 17.0. The van der Waals surface area contributed by atoms with Gasteiger partial charge in [0, 0.05) is 29.7 Å². The van der Waals surface area contributed by atoms with Crippen molar-refractivity contribution in [1.29, 1.82) is 0 Å². The number of benzene rings is 1. The first-order chi connectivity index (χ1) is 11.6. The summed E-state index contributed by atoms with van der Waals surface area (Å²) in [4.78, 5) is 15.7. The molecule has 7 heteroatoms. The number of hydrogen-bond donors (Lipinski definition) is 0. The van der Waals surface area contributed by atoms with Gasteiger partial charge in [-0.3, -0.25) is 4.79 Å². The molecule has 2 aromatic rings. The number of aromatic nitrogens is 4. The van der Waals surface area contributed by atoms with Gasteiger partial charge in [0.25, 0.3) is 0 Å². The van der Waals surface area contributed by atoms with Gasteiger partial charge in [-0.15, -0.1) is 16.9 Å². The Morgan fingerprint density at radius 3 is 2.75 bits per heavy atom. The maximum absolute atomic E-state index is 12.4. The fraction of sp³-hybridized carbons (Fsp3) is 0.529. The summed E-state index contributed by atoms with van der Waals surface area (Å²) >= 11 is 1.94. The number of hydrogen-bond acceptors (Lipinski definition) is 5. The molecule has 0 unspecified atom stereocenters. The van der Waals surface area contributed by atoms with Crippen LogP contribution in [0.3, 0.4) is 0 Å². The molecule has 0 bridgehead atoms. The third kappa shape index (κ3) is 4.35. The fourth-order valence-electron chi connectivity index (χ4n) is 2.92. The van der Waals surface area contributed by atoms with Crippen molar-refractivity contribution in [2.45, 2.75) is 49.8 Å². The lowest BCUT2D eigenvalue weighted by Gasteiger charge is -2.31. The highest BCUT2D eigenvalue weighted by molar-refractivity contribution is 8.00. The van der Waals surface area contributed by atoms with E-state index in [1.54, 1.807) is 4.68 Å². The zero-order chi connectivity index (χ0) is 16.9. The quantitative estimate of drug-likeness (QED) is 0.833. The van der Waals surface area contributed by atoms with Crippen LogP contribution >= 0.6 is 11.8 Å². The van der Waals surface area contributed by atoms with Gasteiger partial charge in [-0.25, -0.2) is 4.68 Å². The van der Waals surface area contributed by atoms with Crippen LogP contribution in [0.15, 0.2) is 29.2 Å². The van der Waals surface area contributed by atoms with Gasteiger partial charge in [-0.2, -0.15) is 0 Å². The van der Waals surface area contributed by atoms with Crippen LogP contribution in [0.1, 0.15) is 30.7 Å². The molecule has 1 saturated heterocycles. The molecular weight excluding hydrogens is 322 g/mol. The van der Waals surface area contributed by atoms with Crippen molar-refractivity contribution in [2.24, 2.45) is 0 Å². The summed E-state index contributed by atoms with van der Waals surface area (Å²) < 4.78 is 1.68. The molecule has 2 heterocycles. The summed E-state index contributed by atoms with van der Waals surface area (Å²) in [6, 6.07) is 8.63. The topological polar surface area (TPSA) is 63.9 Å². The average molecular weight is 345 g/mol. The second-order valence-corrected chi connectivity index (χ2v) is 7.59. The lowest BCUT2D eigenvalue weighted by molar-refractivity contribution is -0.132. The summed E-state index contributed by atoms with van der Waals surface area (Å²) in [5.74, 6) is 0.944. The standard InChI is InChI=1S/C17H23N5OS/c1-13-4-3-5-16(12-13)24-15-6-9-21(10-7-15)17(23)8-11-22-14(2)18-19-20-22/h3-5,12,15H,6-11H2,1-2H3. The summed E-state index contributed by atoms with van der Waals surface area (Å²) in [6.45, 7) is 6.21. The van der Waals surface area contributed by atoms with Gasteiger partial charge in [0.1, 0.15) is 5.82 Å². The monoisotopic (exact) mass is 345 g/mol. The highest BCUT2D eigenvalue weighted by Crippen LogP contribution is 2.30. The van der Waals surface area contributed by atoms with Crippen LogP contribution in [0.5, 0.6) is 0 Å². The second-order valence-electron chi connectivity index (χ2n) is 6.21. The van der Waals surface area contributed by atoms with E-state index in [0.717, 1.165) is 31.8 Å². The fourth-order valence-corrected chi connectivity index (χ4v) is 4.16. The molecule has 0 atom stereocenters. The number of aryl methyl sites for hydroxylation is 3. The van der Waals surface area contributed by atoms with E-state index in [1.165, 1.54) is 10.5 Å². The number of carbonyl (C=O) groups excluding carboxylic acids is 1. The molecule has 1 aliphatic rings. The van der Waals surface area contributed by atoms with Gasteiger partial charge in [0.15, 0.2) is 0 Å². The van der Waals surface area contributed by atoms with E-state index in [0.29, 0.717) is 18.2 Å². The van der Waals surface area contributed by atoms with Crippen LogP contribution in [0.25, 0.3) is 0 Å². The van der Waals surface area contributed by atoms with Crippen LogP contribution in [0.2, 0.25) is 0 Å². The second kappa shape index (κ2) is 7.79. The zero-order valence-corrected chi connectivity index (χ0v) is 15.0. The Balaban J connectivity index is 1.44. The molecule has 1 fully saturated rings. The van der Waals surface area contributed by atoms with Crippen molar-refractivity contribution in [3.8, 4) is 0 Å². The van der Waals surface area contributed by atoms with Gasteiger partial charge < -0.3 is 4.90 Å². The third-order valence-corrected chi connectivity index (χ3v) is 5.67. The summed E-state index contributed by atoms with van der Waals surface area (Å²) in [6.07, 6.45) is 2.56. The molecule has 0 N–H and O–H groups in total. The van der Waals surface area contributed by atoms with Crippen molar-refractivity contribution < 1.29 is 4.79 Å². The minimum absolute atomic E-state index is 0.198. The van der Waals surface area contributed by atoms with Crippen LogP contribution in [0, 0.1) is 13.8 Å². The number of tetrazole rings is 1. The number of rotatable bonds is 5. The molecule has 0 radical (unpaired) electrons. The minimum Gasteiger partial charge on any atom is -0.343 e. The number of amides is 1. The van der Waals surface area contributed by atoms with E-state index in [9.17, 15) is 4.79 Å². The highest BCUT2D eigenvalue weighted by atomic mass is 32.2. The van der Waals surface area contributed by atoms with E-state index in [2.05, 4.69) is 46.7 Å². The molecule has 6 nitrogen and oxygen atoms in total. The van der Waals surface area contributed by atoms with E-state index >= 15 is 0 Å². The predicted molar refractivity (Wildman–Crippen MR) is 93.8 cm³/mol. The van der Waals surface area contributed by atoms with Gasteiger partial charge in [0.2, 0.25) is 5.91 Å². The molecule has 0 aliphatic carbocycles. The number of piperidine rings is 1. The molecule has 0 spiro atoms. The normalized spacial score (nSPS) is 15.7. The molecule has 24 heavy (non-hydrogen) atoms. The van der Waals surface area contributed by atoms with Gasteiger partial charge in [0.05, 0.1) is 6.54 Å². The van der Waals surface area contributed by atoms with E-state index in [4.69, 9.17) is 0 Å². The van der Waals surface area contributed by atoms with Gasteiger partial charge in [-0.1, -0.05) is 17.7 Å². The van der Waals surface area contributed by atoms with Crippen LogP contribution in [-0.4, -0.2) is 49.4 Å². The Morgan fingerprint density at radius 2 is 2.08 bits per heavy atom. The van der Waals surface area contributed by atoms with Crippen LogP contribution in [-0.2, 0) is 11.3 Å². The molecular formula is C17H23N5OS. The molecule has 1 amide bonds. The highest BCUT2D eigenvalue weighted by Gasteiger charge is 2.23. The Morgan fingerprint density at radius 1 is 1.29 bits per heavy atom. The van der Waals surface area contributed by atoms with Crippen molar-refractivity contribution in [2.75, 3.05) is 13.1 Å². The van der Waals surface area contributed by atoms with Crippen molar-refractivity contribution in [3.63, 3.8) is 0 Å². The number of carbonyl (C=O) groups is 1. The smallest absolute Gasteiger partial charge is 0.224 e. The Hall–Kier alpha value is -1.89. The summed E-state index contributed by atoms with van der Waals surface area (Å²) in [5.41, 5.74) is 1.30. The number of likely N-dealkylation sites (tertiary alicyclic amines) is 1. The third-order valence-electron chi connectivity index (χ3n) is 4.34. The first-order valence-electron chi connectivity index (χ1n) is 8.35. The lowest BCUT2D eigenvalue weighted by atomic mass is 10.1. The summed E-state index contributed by atoms with van der Waals surface area (Å²) in [7, 11) is 0. The van der Waals surface area contributed by atoms with Gasteiger partial charge in [-0.05, 0) is 49.2 Å². The molecule has 1 aliphatic heterocycles. The Kier molecular flexibility index (Phi) is 5.50. The van der Waals surface area contributed by atoms with E-state index in [-0.39, 0.29) is 5.91 Å². The van der Waals surface area contributed by atoms with Gasteiger partial charge >= 0.3 is 0 Å². The van der Waals surface area contributed by atoms with Crippen molar-refractivity contribution in [1.82, 2.24) is 25.1 Å². The predicted octanol–water partition coefficient (Wildman–Crippen LogP) is 2.46. The first-order valence-corrected chi connectivity index (χ1v) is 9.23. The maximum Gasteiger partial charge on any atom is 0.224 e.